The zero-order valence-electron chi connectivity index (χ0n) is 6.75. The van der Waals surface area contributed by atoms with Crippen LogP contribution in [0.4, 0.5) is 0 Å². The number of nitrogens with zero attached hydrogens (tertiary/aromatic N) is 1. The lowest BCUT2D eigenvalue weighted by molar-refractivity contribution is 0.0850. The first-order valence-corrected chi connectivity index (χ1v) is 4.18. The largest absolute Gasteiger partial charge is 0.756 e. The van der Waals surface area contributed by atoms with E-state index in [1.165, 1.54) is 18.2 Å². The molecule has 3 nitrogen and oxygen atoms in total. The number of hydrogen-bond donors (Lipinski definition) is 0. The third kappa shape index (κ3) is 2.34. The second kappa shape index (κ2) is 3.96. The fourth-order valence-corrected chi connectivity index (χ4v) is 1.11. The molecule has 0 atom stereocenters. The lowest BCUT2D eigenvalue weighted by Gasteiger charge is -2.21. The maximum Gasteiger partial charge on any atom is 0.243 e. The van der Waals surface area contributed by atoms with Gasteiger partial charge < -0.3 is 10.3 Å². The van der Waals surface area contributed by atoms with Crippen molar-refractivity contribution in [1.82, 2.24) is 5.06 Å². The minimum absolute atomic E-state index is 0.229. The molecule has 0 unspecified atom stereocenters. The van der Waals surface area contributed by atoms with E-state index in [4.69, 9.17) is 23.2 Å². The standard InChI is InChI=1S/C8H6Cl2NO2/c1-11(13)8(12)5-2-3-6(9)7(10)4-5/h2-4H,1H3/q-1. The predicted octanol–water partition coefficient (Wildman–Crippen LogP) is 2.56. The Bertz CT molecular complexity index is 339. The van der Waals surface area contributed by atoms with Gasteiger partial charge in [0.1, 0.15) is 0 Å². The van der Waals surface area contributed by atoms with Crippen LogP contribution in [0, 0.1) is 5.21 Å². The molecular formula is C8H6Cl2NO2-. The zero-order chi connectivity index (χ0) is 10.0. The Morgan fingerprint density at radius 3 is 2.46 bits per heavy atom. The summed E-state index contributed by atoms with van der Waals surface area (Å²) in [7, 11) is 1.13. The highest BCUT2D eigenvalue weighted by molar-refractivity contribution is 6.42. The molecule has 0 bridgehead atoms. The maximum absolute atomic E-state index is 11.1. The number of amides is 1. The summed E-state index contributed by atoms with van der Waals surface area (Å²) >= 11 is 11.3. The minimum Gasteiger partial charge on any atom is -0.756 e. The van der Waals surface area contributed by atoms with Gasteiger partial charge in [-0.15, -0.1) is 0 Å². The fraction of sp³-hybridized carbons (Fsp3) is 0.125. The van der Waals surface area contributed by atoms with Crippen molar-refractivity contribution in [3.63, 3.8) is 0 Å². The van der Waals surface area contributed by atoms with Crippen LogP contribution in [0.25, 0.3) is 0 Å². The van der Waals surface area contributed by atoms with Crippen molar-refractivity contribution in [3.05, 3.63) is 39.0 Å². The van der Waals surface area contributed by atoms with Crippen molar-refractivity contribution in [3.8, 4) is 0 Å². The van der Waals surface area contributed by atoms with E-state index in [-0.39, 0.29) is 15.6 Å². The molecule has 0 heterocycles. The van der Waals surface area contributed by atoms with E-state index in [0.29, 0.717) is 5.02 Å². The zero-order valence-corrected chi connectivity index (χ0v) is 8.26. The van der Waals surface area contributed by atoms with Gasteiger partial charge in [-0.25, -0.2) is 0 Å². The van der Waals surface area contributed by atoms with E-state index in [0.717, 1.165) is 7.05 Å². The van der Waals surface area contributed by atoms with Gasteiger partial charge in [-0.2, -0.15) is 0 Å². The molecule has 1 aromatic carbocycles. The number of carbonyl (C=O) groups is 1. The van der Waals surface area contributed by atoms with Crippen molar-refractivity contribution >= 4 is 29.1 Å². The summed E-state index contributed by atoms with van der Waals surface area (Å²) in [6.07, 6.45) is 0. The van der Waals surface area contributed by atoms with Crippen LogP contribution < -0.4 is 0 Å². The van der Waals surface area contributed by atoms with Gasteiger partial charge in [-0.1, -0.05) is 23.2 Å². The van der Waals surface area contributed by atoms with Crippen molar-refractivity contribution in [2.45, 2.75) is 0 Å². The van der Waals surface area contributed by atoms with Gasteiger partial charge >= 0.3 is 0 Å². The van der Waals surface area contributed by atoms with Crippen molar-refractivity contribution in [2.75, 3.05) is 7.05 Å². The summed E-state index contributed by atoms with van der Waals surface area (Å²) in [4.78, 5) is 11.1. The molecule has 0 aliphatic rings. The highest BCUT2D eigenvalue weighted by atomic mass is 35.5. The Kier molecular flexibility index (Phi) is 3.14. The van der Waals surface area contributed by atoms with Gasteiger partial charge in [0.15, 0.2) is 0 Å². The summed E-state index contributed by atoms with van der Waals surface area (Å²) in [6.45, 7) is 0. The lowest BCUT2D eigenvalue weighted by atomic mass is 10.2. The van der Waals surface area contributed by atoms with Crippen LogP contribution in [0.3, 0.4) is 0 Å². The first kappa shape index (κ1) is 10.3. The van der Waals surface area contributed by atoms with Gasteiger partial charge in [-0.3, -0.25) is 4.79 Å². The molecule has 0 aliphatic heterocycles. The third-order valence-corrected chi connectivity index (χ3v) is 2.19. The van der Waals surface area contributed by atoms with E-state index in [9.17, 15) is 10.0 Å². The summed E-state index contributed by atoms with van der Waals surface area (Å²) in [5, 5.41) is 11.5. The second-order valence-corrected chi connectivity index (χ2v) is 3.25. The van der Waals surface area contributed by atoms with Gasteiger partial charge in [0.25, 0.3) is 0 Å². The molecule has 0 aliphatic carbocycles. The Hall–Kier alpha value is -0.770. The van der Waals surface area contributed by atoms with E-state index >= 15 is 0 Å². The quantitative estimate of drug-likeness (QED) is 0.681. The van der Waals surface area contributed by atoms with Crippen LogP contribution in [-0.4, -0.2) is 18.0 Å². The molecule has 1 aromatic rings. The van der Waals surface area contributed by atoms with E-state index < -0.39 is 5.91 Å². The Morgan fingerprint density at radius 2 is 2.00 bits per heavy atom. The number of hydroxylamine groups is 2. The smallest absolute Gasteiger partial charge is 0.243 e. The number of benzene rings is 1. The van der Waals surface area contributed by atoms with Crippen LogP contribution in [0.2, 0.25) is 10.0 Å². The van der Waals surface area contributed by atoms with E-state index in [1.807, 2.05) is 0 Å². The lowest BCUT2D eigenvalue weighted by Crippen LogP contribution is -2.19. The predicted molar refractivity (Wildman–Crippen MR) is 51.9 cm³/mol. The van der Waals surface area contributed by atoms with Gasteiger partial charge in [0.2, 0.25) is 5.91 Å². The first-order valence-electron chi connectivity index (χ1n) is 3.42. The van der Waals surface area contributed by atoms with Gasteiger partial charge in [-0.05, 0) is 25.2 Å². The molecule has 1 rings (SSSR count). The first-order chi connectivity index (χ1) is 6.02. The molecule has 0 aromatic heterocycles. The summed E-state index contributed by atoms with van der Waals surface area (Å²) in [5.74, 6) is -0.640. The normalized spacial score (nSPS) is 9.85. The summed E-state index contributed by atoms with van der Waals surface area (Å²) in [6, 6.07) is 4.28. The molecule has 0 saturated carbocycles. The highest BCUT2D eigenvalue weighted by Crippen LogP contribution is 2.22. The molecule has 1 amide bonds. The minimum atomic E-state index is -0.640. The third-order valence-electron chi connectivity index (χ3n) is 1.45. The molecule has 0 N–H and O–H groups in total. The molecular weight excluding hydrogens is 213 g/mol. The van der Waals surface area contributed by atoms with Crippen LogP contribution in [-0.2, 0) is 0 Å². The van der Waals surface area contributed by atoms with Gasteiger partial charge in [0.05, 0.1) is 10.0 Å². The summed E-state index contributed by atoms with van der Waals surface area (Å²) < 4.78 is 0. The molecule has 0 fully saturated rings. The molecule has 70 valence electrons. The number of rotatable bonds is 1. The average Bonchev–Trinajstić information content (AvgIpc) is 2.08. The molecule has 13 heavy (non-hydrogen) atoms. The fourth-order valence-electron chi connectivity index (χ4n) is 0.811. The van der Waals surface area contributed by atoms with Crippen LogP contribution in [0.15, 0.2) is 18.2 Å². The van der Waals surface area contributed by atoms with E-state index in [1.54, 1.807) is 0 Å². The molecule has 5 heteroatoms. The van der Waals surface area contributed by atoms with Crippen molar-refractivity contribution in [2.24, 2.45) is 0 Å². The molecule has 0 saturated heterocycles. The SMILES string of the molecule is CN([O-])C(=O)c1ccc(Cl)c(Cl)c1. The molecule has 0 radical (unpaired) electrons. The monoisotopic (exact) mass is 218 g/mol. The van der Waals surface area contributed by atoms with Gasteiger partial charge in [0, 0.05) is 5.56 Å². The van der Waals surface area contributed by atoms with Crippen LogP contribution in [0.5, 0.6) is 0 Å². The number of carbonyl (C=O) groups excluding carboxylic acids is 1. The van der Waals surface area contributed by atoms with E-state index in [2.05, 4.69) is 0 Å². The Morgan fingerprint density at radius 1 is 1.38 bits per heavy atom. The number of halogens is 2. The Labute approximate surface area is 85.4 Å². The topological polar surface area (TPSA) is 43.4 Å². The second-order valence-electron chi connectivity index (χ2n) is 2.43. The van der Waals surface area contributed by atoms with Crippen molar-refractivity contribution in [1.29, 1.82) is 0 Å². The maximum atomic E-state index is 11.1. The van der Waals surface area contributed by atoms with Crippen LogP contribution >= 0.6 is 23.2 Å². The van der Waals surface area contributed by atoms with Crippen molar-refractivity contribution < 1.29 is 4.79 Å². The number of hydrogen-bond acceptors (Lipinski definition) is 2. The Balaban J connectivity index is 3.04. The highest BCUT2D eigenvalue weighted by Gasteiger charge is 2.06. The average molecular weight is 219 g/mol. The molecule has 0 spiro atoms. The van der Waals surface area contributed by atoms with Crippen LogP contribution in [0.1, 0.15) is 10.4 Å². The summed E-state index contributed by atoms with van der Waals surface area (Å²) in [5.41, 5.74) is 0.229.